The summed E-state index contributed by atoms with van der Waals surface area (Å²) in [6, 6.07) is 5.66. The van der Waals surface area contributed by atoms with Gasteiger partial charge in [-0.2, -0.15) is 0 Å². The number of benzene rings is 1. The van der Waals surface area contributed by atoms with Gasteiger partial charge in [0.05, 0.1) is 27.8 Å². The fourth-order valence-electron chi connectivity index (χ4n) is 2.33. The van der Waals surface area contributed by atoms with Crippen molar-refractivity contribution in [1.29, 1.82) is 0 Å². The molecule has 0 amide bonds. The predicted molar refractivity (Wildman–Crippen MR) is 80.7 cm³/mol. The van der Waals surface area contributed by atoms with Crippen molar-refractivity contribution in [2.24, 2.45) is 0 Å². The normalized spacial score (nSPS) is 11.6. The number of H-pyrrole nitrogens is 1. The highest BCUT2D eigenvalue weighted by atomic mass is 28.3. The summed E-state index contributed by atoms with van der Waals surface area (Å²) in [5.74, 6) is 1.33. The van der Waals surface area contributed by atoms with Crippen LogP contribution in [0.4, 0.5) is 0 Å². The van der Waals surface area contributed by atoms with E-state index in [2.05, 4.69) is 24.6 Å². The minimum Gasteiger partial charge on any atom is -0.496 e. The summed E-state index contributed by atoms with van der Waals surface area (Å²) in [4.78, 5) is 15.3. The van der Waals surface area contributed by atoms with Gasteiger partial charge in [0.1, 0.15) is 11.5 Å². The molecule has 4 nitrogen and oxygen atoms in total. The molecule has 2 rings (SSSR count). The van der Waals surface area contributed by atoms with E-state index in [1.54, 1.807) is 14.2 Å². The van der Waals surface area contributed by atoms with Crippen LogP contribution in [0.15, 0.2) is 23.0 Å². The van der Waals surface area contributed by atoms with Gasteiger partial charge in [-0.1, -0.05) is 25.7 Å². The van der Waals surface area contributed by atoms with Gasteiger partial charge in [-0.3, -0.25) is 4.79 Å². The molecule has 102 valence electrons. The van der Waals surface area contributed by atoms with E-state index < -0.39 is 8.07 Å². The van der Waals surface area contributed by atoms with E-state index >= 15 is 0 Å². The molecule has 0 atom stereocenters. The molecular weight excluding hydrogens is 258 g/mol. The zero-order chi connectivity index (χ0) is 14.2. The van der Waals surface area contributed by atoms with Crippen LogP contribution in [0, 0.1) is 0 Å². The van der Waals surface area contributed by atoms with Gasteiger partial charge in [-0.05, 0) is 12.1 Å². The van der Waals surface area contributed by atoms with Crippen LogP contribution in [0.5, 0.6) is 11.5 Å². The number of para-hydroxylation sites is 1. The first-order valence-corrected chi connectivity index (χ1v) is 9.67. The number of hydrogen-bond donors (Lipinski definition) is 1. The number of hydrogen-bond acceptors (Lipinski definition) is 3. The molecule has 0 aliphatic carbocycles. The minimum atomic E-state index is -1.80. The smallest absolute Gasteiger partial charge is 0.251 e. The molecular formula is C14H19NO3Si. The molecule has 0 radical (unpaired) electrons. The van der Waals surface area contributed by atoms with Crippen LogP contribution in [0.2, 0.25) is 19.6 Å². The lowest BCUT2D eigenvalue weighted by atomic mass is 10.2. The summed E-state index contributed by atoms with van der Waals surface area (Å²) in [7, 11) is 1.40. The Morgan fingerprint density at radius 1 is 1.11 bits per heavy atom. The Hall–Kier alpha value is -1.75. The first-order valence-electron chi connectivity index (χ1n) is 6.17. The Morgan fingerprint density at radius 3 is 2.32 bits per heavy atom. The predicted octanol–water partition coefficient (Wildman–Crippen LogP) is 2.09. The molecule has 0 aliphatic rings. The van der Waals surface area contributed by atoms with Gasteiger partial charge >= 0.3 is 0 Å². The lowest BCUT2D eigenvalue weighted by Crippen LogP contribution is -2.48. The minimum absolute atomic E-state index is 0.0759. The topological polar surface area (TPSA) is 51.3 Å². The van der Waals surface area contributed by atoms with Gasteiger partial charge in [-0.25, -0.2) is 0 Å². The summed E-state index contributed by atoms with van der Waals surface area (Å²) in [6.45, 7) is 6.39. The monoisotopic (exact) mass is 277 g/mol. The Labute approximate surface area is 113 Å². The zero-order valence-electron chi connectivity index (χ0n) is 12.0. The van der Waals surface area contributed by atoms with Crippen molar-refractivity contribution in [1.82, 2.24) is 4.98 Å². The molecule has 5 heteroatoms. The van der Waals surface area contributed by atoms with Crippen molar-refractivity contribution in [3.63, 3.8) is 0 Å². The van der Waals surface area contributed by atoms with Gasteiger partial charge in [0.15, 0.2) is 0 Å². The third-order valence-electron chi connectivity index (χ3n) is 3.14. The van der Waals surface area contributed by atoms with E-state index in [1.165, 1.54) is 0 Å². The molecule has 0 fully saturated rings. The Kier molecular flexibility index (Phi) is 3.41. The van der Waals surface area contributed by atoms with Crippen LogP contribution >= 0.6 is 0 Å². The molecule has 0 saturated heterocycles. The fourth-order valence-corrected chi connectivity index (χ4v) is 3.99. The van der Waals surface area contributed by atoms with Gasteiger partial charge in [0.25, 0.3) is 5.56 Å². The molecule has 0 spiro atoms. The summed E-state index contributed by atoms with van der Waals surface area (Å²) >= 11 is 0. The van der Waals surface area contributed by atoms with Crippen LogP contribution in [0.3, 0.4) is 0 Å². The largest absolute Gasteiger partial charge is 0.496 e. The van der Waals surface area contributed by atoms with E-state index in [-0.39, 0.29) is 5.56 Å². The van der Waals surface area contributed by atoms with Crippen molar-refractivity contribution >= 4 is 24.2 Å². The number of aromatic nitrogens is 1. The van der Waals surface area contributed by atoms with E-state index in [0.29, 0.717) is 17.0 Å². The summed E-state index contributed by atoms with van der Waals surface area (Å²) in [5, 5.41) is 1.68. The number of ether oxygens (including phenoxy) is 2. The number of pyridine rings is 1. The molecule has 1 N–H and O–H groups in total. The summed E-state index contributed by atoms with van der Waals surface area (Å²) < 4.78 is 10.8. The molecule has 2 aromatic rings. The fraction of sp³-hybridized carbons (Fsp3) is 0.357. The number of rotatable bonds is 3. The third kappa shape index (κ3) is 2.25. The van der Waals surface area contributed by atoms with Crippen LogP contribution in [0.25, 0.3) is 10.9 Å². The maximum absolute atomic E-state index is 12.4. The molecule has 1 heterocycles. The van der Waals surface area contributed by atoms with Crippen molar-refractivity contribution in [3.05, 3.63) is 28.6 Å². The van der Waals surface area contributed by atoms with E-state index in [0.717, 1.165) is 10.6 Å². The first kappa shape index (κ1) is 13.7. The lowest BCUT2D eigenvalue weighted by Gasteiger charge is -2.20. The van der Waals surface area contributed by atoms with Gasteiger partial charge in [0, 0.05) is 10.6 Å². The summed E-state index contributed by atoms with van der Waals surface area (Å²) in [5.41, 5.74) is 0.613. The van der Waals surface area contributed by atoms with Crippen LogP contribution in [-0.2, 0) is 0 Å². The molecule has 0 saturated carbocycles. The highest BCUT2D eigenvalue weighted by Gasteiger charge is 2.27. The maximum Gasteiger partial charge on any atom is 0.251 e. The van der Waals surface area contributed by atoms with E-state index in [1.807, 2.05) is 18.2 Å². The highest BCUT2D eigenvalue weighted by molar-refractivity contribution is 6.89. The van der Waals surface area contributed by atoms with Crippen LogP contribution in [0.1, 0.15) is 0 Å². The standard InChI is InChI=1S/C14H19NO3Si/c1-17-10-8-6-7-9-11(10)15-14(16)13(12(9)18-2)19(3,4)5/h6-8H,1-5H3,(H,15,16). The molecule has 1 aromatic heterocycles. The average molecular weight is 277 g/mol. The molecule has 1 aromatic carbocycles. The Bertz CT molecular complexity index is 671. The van der Waals surface area contributed by atoms with Crippen molar-refractivity contribution in [2.75, 3.05) is 14.2 Å². The van der Waals surface area contributed by atoms with E-state index in [9.17, 15) is 4.79 Å². The zero-order valence-corrected chi connectivity index (χ0v) is 13.0. The molecule has 0 aliphatic heterocycles. The molecule has 0 unspecified atom stereocenters. The molecule has 0 bridgehead atoms. The SMILES string of the molecule is COc1c([Si](C)(C)C)c(=O)[nH]c2c(OC)cccc12. The number of fused-ring (bicyclic) bond motifs is 1. The van der Waals surface area contributed by atoms with Crippen molar-refractivity contribution in [3.8, 4) is 11.5 Å². The maximum atomic E-state index is 12.4. The van der Waals surface area contributed by atoms with Gasteiger partial charge < -0.3 is 14.5 Å². The van der Waals surface area contributed by atoms with E-state index in [4.69, 9.17) is 9.47 Å². The van der Waals surface area contributed by atoms with Crippen molar-refractivity contribution in [2.45, 2.75) is 19.6 Å². The average Bonchev–Trinajstić information content (AvgIpc) is 2.34. The number of nitrogens with one attached hydrogen (secondary N) is 1. The number of aromatic amines is 1. The highest BCUT2D eigenvalue weighted by Crippen LogP contribution is 2.29. The Morgan fingerprint density at radius 2 is 1.79 bits per heavy atom. The quantitative estimate of drug-likeness (QED) is 0.874. The van der Waals surface area contributed by atoms with Crippen molar-refractivity contribution < 1.29 is 9.47 Å². The first-order chi connectivity index (χ1) is 8.90. The Balaban J connectivity index is 2.96. The second-order valence-electron chi connectivity index (χ2n) is 5.50. The van der Waals surface area contributed by atoms with Gasteiger partial charge in [-0.15, -0.1) is 0 Å². The third-order valence-corrected chi connectivity index (χ3v) is 5.09. The van der Waals surface area contributed by atoms with Crippen LogP contribution in [-0.4, -0.2) is 27.3 Å². The molecule has 19 heavy (non-hydrogen) atoms. The second-order valence-corrected chi connectivity index (χ2v) is 10.5. The lowest BCUT2D eigenvalue weighted by molar-refractivity contribution is 0.415. The summed E-state index contributed by atoms with van der Waals surface area (Å²) in [6.07, 6.45) is 0. The van der Waals surface area contributed by atoms with Gasteiger partial charge in [0.2, 0.25) is 0 Å². The number of methoxy groups -OCH3 is 2. The second kappa shape index (κ2) is 4.73. The van der Waals surface area contributed by atoms with Crippen LogP contribution < -0.4 is 20.2 Å².